The lowest BCUT2D eigenvalue weighted by Gasteiger charge is -2.36. The lowest BCUT2D eigenvalue weighted by molar-refractivity contribution is -0.137. The molecule has 5 rings (SSSR count). The zero-order valence-corrected chi connectivity index (χ0v) is 25.8. The molecule has 0 spiro atoms. The van der Waals surface area contributed by atoms with Gasteiger partial charge in [-0.25, -0.2) is 9.37 Å². The molecule has 1 amide bonds. The van der Waals surface area contributed by atoms with Crippen LogP contribution in [0.5, 0.6) is 5.75 Å². The maximum atomic E-state index is 15.5. The van der Waals surface area contributed by atoms with Crippen LogP contribution >= 0.6 is 0 Å². The van der Waals surface area contributed by atoms with Gasteiger partial charge in [-0.05, 0) is 60.7 Å². The van der Waals surface area contributed by atoms with E-state index < -0.39 is 37.8 Å². The summed E-state index contributed by atoms with van der Waals surface area (Å²) < 4.78 is 67.4. The number of carbonyl (C=O) groups excluding carboxylic acids is 1. The van der Waals surface area contributed by atoms with Gasteiger partial charge in [-0.15, -0.1) is 0 Å². The minimum absolute atomic E-state index is 0.00665. The van der Waals surface area contributed by atoms with Crippen LogP contribution in [0.15, 0.2) is 36.4 Å². The van der Waals surface area contributed by atoms with Gasteiger partial charge in [-0.3, -0.25) is 4.79 Å². The number of nitrogen functional groups attached to an aromatic ring is 1. The summed E-state index contributed by atoms with van der Waals surface area (Å²) in [6.45, 7) is 13.3. The molecule has 1 unspecified atom stereocenters. The second-order valence-electron chi connectivity index (χ2n) is 13.4. The molecule has 1 saturated carbocycles. The van der Waals surface area contributed by atoms with E-state index in [0.717, 1.165) is 25.0 Å². The molecule has 11 heteroatoms. The molecule has 0 saturated heterocycles. The van der Waals surface area contributed by atoms with Crippen molar-refractivity contribution >= 4 is 30.9 Å². The highest BCUT2D eigenvalue weighted by molar-refractivity contribution is 6.74. The van der Waals surface area contributed by atoms with Crippen molar-refractivity contribution < 1.29 is 31.5 Å². The van der Waals surface area contributed by atoms with Gasteiger partial charge in [0.1, 0.15) is 24.0 Å². The third-order valence-corrected chi connectivity index (χ3v) is 13.5. The van der Waals surface area contributed by atoms with Crippen LogP contribution in [0.2, 0.25) is 18.1 Å². The summed E-state index contributed by atoms with van der Waals surface area (Å²) in [7, 11) is -2.08. The summed E-state index contributed by atoms with van der Waals surface area (Å²) in [6.07, 6.45) is -2.73. The fraction of sp³-hybridized carbons (Fsp3) is 0.484. The van der Waals surface area contributed by atoms with Crippen molar-refractivity contribution in [2.75, 3.05) is 18.9 Å². The molecule has 0 radical (unpaired) electrons. The number of hydrogen-bond donors (Lipinski definition) is 1. The topological polar surface area (TPSA) is 77.7 Å². The predicted molar refractivity (Wildman–Crippen MR) is 156 cm³/mol. The Hall–Kier alpha value is -3.18. The first-order valence-corrected chi connectivity index (χ1v) is 17.0. The van der Waals surface area contributed by atoms with Crippen LogP contribution < -0.4 is 10.5 Å². The molecule has 2 aliphatic rings. The number of alkyl halides is 3. The summed E-state index contributed by atoms with van der Waals surface area (Å²) in [5.41, 5.74) is 6.52. The number of rotatable bonds is 7. The number of carbonyl (C=O) groups is 1. The van der Waals surface area contributed by atoms with Crippen LogP contribution in [0.25, 0.3) is 10.9 Å². The number of anilines is 1. The highest BCUT2D eigenvalue weighted by atomic mass is 28.4. The first-order chi connectivity index (χ1) is 19.4. The zero-order chi connectivity index (χ0) is 30.8. The van der Waals surface area contributed by atoms with E-state index in [2.05, 4.69) is 38.8 Å². The zero-order valence-electron chi connectivity index (χ0n) is 24.8. The van der Waals surface area contributed by atoms with Crippen LogP contribution in [0.3, 0.4) is 0 Å². The molecular weight excluding hydrogens is 566 g/mol. The quantitative estimate of drug-likeness (QED) is 0.220. The maximum absolute atomic E-state index is 15.5. The van der Waals surface area contributed by atoms with E-state index in [4.69, 9.17) is 14.9 Å². The monoisotopic (exact) mass is 603 g/mol. The fourth-order valence-electron chi connectivity index (χ4n) is 4.90. The third-order valence-electron chi connectivity index (χ3n) is 9.03. The van der Waals surface area contributed by atoms with Gasteiger partial charge >= 0.3 is 6.18 Å². The van der Waals surface area contributed by atoms with Gasteiger partial charge < -0.3 is 19.8 Å². The second kappa shape index (κ2) is 10.2. The predicted octanol–water partition coefficient (Wildman–Crippen LogP) is 7.87. The van der Waals surface area contributed by atoms with Crippen LogP contribution in [-0.4, -0.2) is 37.3 Å². The van der Waals surface area contributed by atoms with Gasteiger partial charge in [-0.1, -0.05) is 33.8 Å². The van der Waals surface area contributed by atoms with Gasteiger partial charge in [-0.2, -0.15) is 13.2 Å². The molecule has 2 aromatic carbocycles. The number of halogens is 4. The normalized spacial score (nSPS) is 18.1. The van der Waals surface area contributed by atoms with E-state index in [1.165, 1.54) is 18.2 Å². The van der Waals surface area contributed by atoms with E-state index in [9.17, 15) is 18.0 Å². The van der Waals surface area contributed by atoms with Gasteiger partial charge in [0.05, 0.1) is 29.3 Å². The molecule has 1 fully saturated rings. The molecule has 42 heavy (non-hydrogen) atoms. The smallest absolute Gasteiger partial charge is 0.416 e. The van der Waals surface area contributed by atoms with Crippen molar-refractivity contribution in [3.63, 3.8) is 0 Å². The molecular formula is C31H37F4N3O3Si. The first kappa shape index (κ1) is 30.3. The fourth-order valence-corrected chi connectivity index (χ4v) is 5.85. The highest BCUT2D eigenvalue weighted by Crippen LogP contribution is 2.49. The lowest BCUT2D eigenvalue weighted by atomic mass is 10.00. The number of amides is 1. The molecule has 1 aliphatic carbocycles. The average molecular weight is 604 g/mol. The first-order valence-electron chi connectivity index (χ1n) is 14.1. The number of hydrogen-bond acceptors (Lipinski definition) is 5. The summed E-state index contributed by atoms with van der Waals surface area (Å²) >= 11 is 0. The largest absolute Gasteiger partial charge is 0.491 e. The number of nitrogens with zero attached hydrogens (tertiary/aromatic N) is 2. The molecule has 0 bridgehead atoms. The summed E-state index contributed by atoms with van der Waals surface area (Å²) in [5.74, 6) is -0.985. The second-order valence-corrected chi connectivity index (χ2v) is 18.2. The molecule has 6 nitrogen and oxygen atoms in total. The third kappa shape index (κ3) is 5.85. The Bertz CT molecular complexity index is 1550. The molecule has 1 aromatic heterocycles. The highest BCUT2D eigenvalue weighted by Gasteiger charge is 2.45. The van der Waals surface area contributed by atoms with Crippen LogP contribution in [0.4, 0.5) is 23.4 Å². The number of nitrogens with two attached hydrogens (primary N) is 1. The minimum Gasteiger partial charge on any atom is -0.491 e. The number of ether oxygens (including phenoxy) is 1. The van der Waals surface area contributed by atoms with E-state index in [1.807, 2.05) is 6.92 Å². The molecule has 3 aromatic rings. The van der Waals surface area contributed by atoms with Crippen molar-refractivity contribution in [3.05, 3.63) is 64.5 Å². The molecule has 226 valence electrons. The van der Waals surface area contributed by atoms with E-state index in [0.29, 0.717) is 28.6 Å². The van der Waals surface area contributed by atoms with Crippen LogP contribution in [0.1, 0.15) is 73.6 Å². The Morgan fingerprint density at radius 3 is 2.48 bits per heavy atom. The van der Waals surface area contributed by atoms with Crippen molar-refractivity contribution in [1.82, 2.24) is 9.88 Å². The number of fused-ring (bicyclic) bond motifs is 2. The number of pyridine rings is 1. The molecule has 2 N–H and O–H groups in total. The average Bonchev–Trinajstić information content (AvgIpc) is 3.46. The SMILES string of the molecule is CC1(CN(C(=O)c2cc3cc(CO[Si](C)(C)C(C)(C)C)c(N)nc3cc2F)C2COc3cc(C(F)(F)F)ccc32)CC1. The maximum Gasteiger partial charge on any atom is 0.416 e. The van der Waals surface area contributed by atoms with Gasteiger partial charge in [0.15, 0.2) is 8.32 Å². The van der Waals surface area contributed by atoms with E-state index >= 15 is 4.39 Å². The summed E-state index contributed by atoms with van der Waals surface area (Å²) in [4.78, 5) is 20.0. The lowest BCUT2D eigenvalue weighted by Crippen LogP contribution is -2.40. The van der Waals surface area contributed by atoms with Crippen molar-refractivity contribution in [2.45, 2.75) is 77.5 Å². The van der Waals surface area contributed by atoms with E-state index in [-0.39, 0.29) is 40.8 Å². The van der Waals surface area contributed by atoms with Crippen LogP contribution in [-0.2, 0) is 17.2 Å². The molecule has 1 aliphatic heterocycles. The van der Waals surface area contributed by atoms with Gasteiger partial charge in [0.25, 0.3) is 5.91 Å². The Balaban J connectivity index is 1.49. The van der Waals surface area contributed by atoms with Crippen molar-refractivity contribution in [3.8, 4) is 5.75 Å². The Kier molecular flexibility index (Phi) is 7.37. The van der Waals surface area contributed by atoms with Gasteiger partial charge in [0, 0.05) is 29.1 Å². The number of benzene rings is 2. The van der Waals surface area contributed by atoms with Gasteiger partial charge in [0.2, 0.25) is 0 Å². The summed E-state index contributed by atoms with van der Waals surface area (Å²) in [5, 5.41) is 0.533. The Labute approximate surface area is 244 Å². The minimum atomic E-state index is -4.52. The Morgan fingerprint density at radius 2 is 1.86 bits per heavy atom. The standard InChI is InChI=1S/C31H37F4N3O3Si/c1-29(2,3)42(5,6)41-15-19-11-18-12-22(23(32)14-24(18)37-27(19)36)28(39)38(17-30(4)9-10-30)25-16-40-26-13-20(31(33,34)35)7-8-21(25)26/h7-8,11-14,25H,9-10,15-17H2,1-6H3,(H2,36,37). The van der Waals surface area contributed by atoms with Crippen molar-refractivity contribution in [2.24, 2.45) is 5.41 Å². The van der Waals surface area contributed by atoms with Crippen molar-refractivity contribution in [1.29, 1.82) is 0 Å². The summed E-state index contributed by atoms with van der Waals surface area (Å²) in [6, 6.07) is 7.09. The van der Waals surface area contributed by atoms with Crippen LogP contribution in [0, 0.1) is 11.2 Å². The number of aromatic nitrogens is 1. The molecule has 2 heterocycles. The Morgan fingerprint density at radius 1 is 1.17 bits per heavy atom. The molecule has 1 atom stereocenters. The van der Waals surface area contributed by atoms with E-state index in [1.54, 1.807) is 11.0 Å².